The Hall–Kier alpha value is -2.27. The third-order valence-electron chi connectivity index (χ3n) is 2.94. The highest BCUT2D eigenvalue weighted by atomic mass is 32.1. The van der Waals surface area contributed by atoms with Crippen LogP contribution >= 0.6 is 11.3 Å². The summed E-state index contributed by atoms with van der Waals surface area (Å²) in [6.45, 7) is 0. The molecule has 2 aromatic carbocycles. The van der Waals surface area contributed by atoms with Gasteiger partial charge in [0, 0.05) is 23.2 Å². The monoisotopic (exact) mass is 302 g/mol. The average Bonchev–Trinajstić information content (AvgIpc) is 2.91. The number of hydrogen-bond acceptors (Lipinski definition) is 3. The molecule has 0 saturated heterocycles. The number of hydrogen-bond donors (Lipinski definition) is 1. The van der Waals surface area contributed by atoms with Crippen LogP contribution in [-0.4, -0.2) is 4.98 Å². The number of thiazole rings is 1. The topological polar surface area (TPSA) is 24.9 Å². The van der Waals surface area contributed by atoms with E-state index in [0.717, 1.165) is 21.3 Å². The first kappa shape index (κ1) is 13.7. The van der Waals surface area contributed by atoms with Crippen LogP contribution in [-0.2, 0) is 6.42 Å². The molecule has 0 aliphatic carbocycles. The highest BCUT2D eigenvalue weighted by Gasteiger charge is 2.04. The SMILES string of the molecule is Fc1ccc(Cc2cnc(Nc3ccc(F)cc3)s2)cc1. The normalized spacial score (nSPS) is 10.6. The Kier molecular flexibility index (Phi) is 3.92. The van der Waals surface area contributed by atoms with Gasteiger partial charge in [0.05, 0.1) is 0 Å². The summed E-state index contributed by atoms with van der Waals surface area (Å²) in [7, 11) is 0. The van der Waals surface area contributed by atoms with Crippen LogP contribution in [0.25, 0.3) is 0 Å². The molecule has 1 aromatic heterocycles. The Bertz CT molecular complexity index is 659. The van der Waals surface area contributed by atoms with Crippen LogP contribution in [0.5, 0.6) is 0 Å². The Labute approximate surface area is 125 Å². The summed E-state index contributed by atoms with van der Waals surface area (Å²) in [5, 5.41) is 3.88. The van der Waals surface area contributed by atoms with Crippen molar-refractivity contribution in [2.75, 3.05) is 5.32 Å². The van der Waals surface area contributed by atoms with E-state index in [2.05, 4.69) is 10.3 Å². The maximum Gasteiger partial charge on any atom is 0.187 e. The summed E-state index contributed by atoms with van der Waals surface area (Å²) < 4.78 is 25.7. The molecule has 0 aliphatic rings. The first-order valence-corrected chi connectivity index (χ1v) is 7.22. The smallest absolute Gasteiger partial charge is 0.187 e. The second kappa shape index (κ2) is 6.01. The molecule has 0 amide bonds. The molecule has 0 unspecified atom stereocenters. The minimum absolute atomic E-state index is 0.235. The van der Waals surface area contributed by atoms with Gasteiger partial charge in [-0.1, -0.05) is 12.1 Å². The molecule has 0 saturated carbocycles. The van der Waals surface area contributed by atoms with Crippen molar-refractivity contribution in [3.05, 3.63) is 76.8 Å². The van der Waals surface area contributed by atoms with E-state index in [9.17, 15) is 8.78 Å². The predicted molar refractivity (Wildman–Crippen MR) is 81.0 cm³/mol. The highest BCUT2D eigenvalue weighted by Crippen LogP contribution is 2.24. The lowest BCUT2D eigenvalue weighted by molar-refractivity contribution is 0.627. The number of anilines is 2. The molecule has 5 heteroatoms. The summed E-state index contributed by atoms with van der Waals surface area (Å²) in [6.07, 6.45) is 2.50. The molecule has 0 radical (unpaired) electrons. The summed E-state index contributed by atoms with van der Waals surface area (Å²) in [4.78, 5) is 5.36. The van der Waals surface area contributed by atoms with Gasteiger partial charge < -0.3 is 5.32 Å². The zero-order valence-corrected chi connectivity index (χ0v) is 11.8. The van der Waals surface area contributed by atoms with Crippen LogP contribution in [0.2, 0.25) is 0 Å². The van der Waals surface area contributed by atoms with Crippen molar-refractivity contribution in [3.63, 3.8) is 0 Å². The summed E-state index contributed by atoms with van der Waals surface area (Å²) in [6, 6.07) is 12.6. The third-order valence-corrected chi connectivity index (χ3v) is 3.85. The summed E-state index contributed by atoms with van der Waals surface area (Å²) in [5.41, 5.74) is 1.83. The second-order valence-corrected chi connectivity index (χ2v) is 5.68. The summed E-state index contributed by atoms with van der Waals surface area (Å²) in [5.74, 6) is -0.501. The fraction of sp³-hybridized carbons (Fsp3) is 0.0625. The minimum Gasteiger partial charge on any atom is -0.332 e. The Balaban J connectivity index is 1.68. The maximum absolute atomic E-state index is 12.9. The van der Waals surface area contributed by atoms with Crippen LogP contribution < -0.4 is 5.32 Å². The lowest BCUT2D eigenvalue weighted by Crippen LogP contribution is -1.88. The number of nitrogens with one attached hydrogen (secondary N) is 1. The Morgan fingerprint density at radius 1 is 0.905 bits per heavy atom. The van der Waals surface area contributed by atoms with Crippen molar-refractivity contribution in [2.24, 2.45) is 0 Å². The van der Waals surface area contributed by atoms with Crippen LogP contribution in [0.4, 0.5) is 19.6 Å². The molecule has 106 valence electrons. The van der Waals surface area contributed by atoms with Crippen molar-refractivity contribution < 1.29 is 8.78 Å². The second-order valence-electron chi connectivity index (χ2n) is 4.57. The standard InChI is InChI=1S/C16H12F2N2S/c17-12-3-1-11(2-4-12)9-15-10-19-16(21-15)20-14-7-5-13(18)6-8-14/h1-8,10H,9H2,(H,19,20). The van der Waals surface area contributed by atoms with E-state index in [4.69, 9.17) is 0 Å². The number of nitrogens with zero attached hydrogens (tertiary/aromatic N) is 1. The quantitative estimate of drug-likeness (QED) is 0.752. The lowest BCUT2D eigenvalue weighted by atomic mass is 10.1. The van der Waals surface area contributed by atoms with Crippen molar-refractivity contribution >= 4 is 22.2 Å². The van der Waals surface area contributed by atoms with Gasteiger partial charge in [-0.3, -0.25) is 0 Å². The van der Waals surface area contributed by atoms with E-state index < -0.39 is 0 Å². The molecule has 1 heterocycles. The van der Waals surface area contributed by atoms with E-state index in [1.165, 1.54) is 35.6 Å². The van der Waals surface area contributed by atoms with Crippen molar-refractivity contribution in [1.82, 2.24) is 4.98 Å². The van der Waals surface area contributed by atoms with E-state index in [1.54, 1.807) is 30.5 Å². The first-order chi connectivity index (χ1) is 10.2. The lowest BCUT2D eigenvalue weighted by Gasteiger charge is -2.01. The molecule has 0 atom stereocenters. The molecule has 0 aliphatic heterocycles. The zero-order chi connectivity index (χ0) is 14.7. The fourth-order valence-corrected chi connectivity index (χ4v) is 2.77. The van der Waals surface area contributed by atoms with Gasteiger partial charge in [-0.05, 0) is 42.0 Å². The van der Waals surface area contributed by atoms with Gasteiger partial charge in [0.2, 0.25) is 0 Å². The van der Waals surface area contributed by atoms with Crippen LogP contribution in [0, 0.1) is 11.6 Å². The molecule has 3 aromatic rings. The molecular formula is C16H12F2N2S. The number of aromatic nitrogens is 1. The Morgan fingerprint density at radius 3 is 2.19 bits per heavy atom. The number of rotatable bonds is 4. The molecule has 21 heavy (non-hydrogen) atoms. The summed E-state index contributed by atoms with van der Waals surface area (Å²) >= 11 is 1.52. The first-order valence-electron chi connectivity index (χ1n) is 6.41. The van der Waals surface area contributed by atoms with Crippen molar-refractivity contribution in [3.8, 4) is 0 Å². The van der Waals surface area contributed by atoms with Crippen molar-refractivity contribution in [2.45, 2.75) is 6.42 Å². The van der Waals surface area contributed by atoms with E-state index in [1.807, 2.05) is 0 Å². The fourth-order valence-electron chi connectivity index (χ4n) is 1.91. The van der Waals surface area contributed by atoms with Crippen LogP contribution in [0.15, 0.2) is 54.7 Å². The largest absolute Gasteiger partial charge is 0.332 e. The molecule has 0 spiro atoms. The third kappa shape index (κ3) is 3.64. The maximum atomic E-state index is 12.9. The number of benzene rings is 2. The molecule has 1 N–H and O–H groups in total. The molecule has 3 rings (SSSR count). The van der Waals surface area contributed by atoms with Gasteiger partial charge in [-0.15, -0.1) is 11.3 Å². The molecular weight excluding hydrogens is 290 g/mol. The van der Waals surface area contributed by atoms with Crippen LogP contribution in [0.1, 0.15) is 10.4 Å². The molecule has 2 nitrogen and oxygen atoms in total. The minimum atomic E-state index is -0.267. The van der Waals surface area contributed by atoms with Gasteiger partial charge in [0.15, 0.2) is 5.13 Å². The Morgan fingerprint density at radius 2 is 1.52 bits per heavy atom. The van der Waals surface area contributed by atoms with E-state index in [0.29, 0.717) is 6.42 Å². The van der Waals surface area contributed by atoms with E-state index >= 15 is 0 Å². The van der Waals surface area contributed by atoms with Gasteiger partial charge in [-0.25, -0.2) is 13.8 Å². The van der Waals surface area contributed by atoms with E-state index in [-0.39, 0.29) is 11.6 Å². The highest BCUT2D eigenvalue weighted by molar-refractivity contribution is 7.15. The zero-order valence-electron chi connectivity index (χ0n) is 11.0. The van der Waals surface area contributed by atoms with Crippen molar-refractivity contribution in [1.29, 1.82) is 0 Å². The van der Waals surface area contributed by atoms with Gasteiger partial charge in [0.1, 0.15) is 11.6 Å². The predicted octanol–water partition coefficient (Wildman–Crippen LogP) is 4.76. The molecule has 0 bridgehead atoms. The average molecular weight is 302 g/mol. The number of halogens is 2. The molecule has 0 fully saturated rings. The van der Waals surface area contributed by atoms with Gasteiger partial charge in [0.25, 0.3) is 0 Å². The van der Waals surface area contributed by atoms with Gasteiger partial charge >= 0.3 is 0 Å². The van der Waals surface area contributed by atoms with Gasteiger partial charge in [-0.2, -0.15) is 0 Å². The van der Waals surface area contributed by atoms with Crippen LogP contribution in [0.3, 0.4) is 0 Å².